The second-order valence-corrected chi connectivity index (χ2v) is 9.82. The van der Waals surface area contributed by atoms with Gasteiger partial charge in [0.15, 0.2) is 0 Å². The maximum atomic E-state index is 13.1. The lowest BCUT2D eigenvalue weighted by Gasteiger charge is -2.14. The van der Waals surface area contributed by atoms with Crippen LogP contribution in [-0.4, -0.2) is 36.0 Å². The van der Waals surface area contributed by atoms with E-state index < -0.39 is 6.03 Å². The Labute approximate surface area is 246 Å². The van der Waals surface area contributed by atoms with Crippen molar-refractivity contribution >= 4 is 39.9 Å². The number of aromatic nitrogens is 4. The van der Waals surface area contributed by atoms with Crippen molar-refractivity contribution in [2.45, 2.75) is 13.8 Å². The fourth-order valence-electron chi connectivity index (χ4n) is 4.47. The van der Waals surface area contributed by atoms with Crippen LogP contribution in [0.25, 0.3) is 16.5 Å². The molecular formula is C32H27N7O4. The highest BCUT2D eigenvalue weighted by molar-refractivity contribution is 6.07. The number of phenols is 1. The first kappa shape index (κ1) is 27.1. The number of benzene rings is 4. The van der Waals surface area contributed by atoms with Gasteiger partial charge in [-0.3, -0.25) is 5.32 Å². The van der Waals surface area contributed by atoms with Crippen molar-refractivity contribution in [1.82, 2.24) is 19.7 Å². The Morgan fingerprint density at radius 3 is 2.44 bits per heavy atom. The molecule has 0 aliphatic heterocycles. The first-order valence-corrected chi connectivity index (χ1v) is 13.4. The predicted molar refractivity (Wildman–Crippen MR) is 165 cm³/mol. The summed E-state index contributed by atoms with van der Waals surface area (Å²) in [6, 6.07) is 26.2. The van der Waals surface area contributed by atoms with Crippen LogP contribution in [0.1, 0.15) is 11.1 Å². The van der Waals surface area contributed by atoms with Crippen molar-refractivity contribution in [3.8, 4) is 28.9 Å². The van der Waals surface area contributed by atoms with Crippen LogP contribution in [-0.2, 0) is 0 Å². The summed E-state index contributed by atoms with van der Waals surface area (Å²) in [4.78, 5) is 21.7. The number of anilines is 4. The highest BCUT2D eigenvalue weighted by Crippen LogP contribution is 2.34. The van der Waals surface area contributed by atoms with Crippen molar-refractivity contribution < 1.29 is 19.7 Å². The number of hydrogen-bond acceptors (Lipinski definition) is 8. The zero-order valence-corrected chi connectivity index (χ0v) is 23.2. The van der Waals surface area contributed by atoms with Crippen LogP contribution >= 0.6 is 0 Å². The number of hydrogen-bond donors (Lipinski definition) is 5. The highest BCUT2D eigenvalue weighted by atomic mass is 16.5. The number of rotatable bonds is 7. The Morgan fingerprint density at radius 2 is 1.65 bits per heavy atom. The van der Waals surface area contributed by atoms with Crippen molar-refractivity contribution in [2.24, 2.45) is 0 Å². The third-order valence-electron chi connectivity index (χ3n) is 6.66. The highest BCUT2D eigenvalue weighted by Gasteiger charge is 2.15. The molecular weight excluding hydrogens is 546 g/mol. The Morgan fingerprint density at radius 1 is 0.860 bits per heavy atom. The molecule has 0 fully saturated rings. The van der Waals surface area contributed by atoms with Crippen LogP contribution in [0.2, 0.25) is 0 Å². The number of aryl methyl sites for hydroxylation is 2. The molecule has 11 heteroatoms. The van der Waals surface area contributed by atoms with Gasteiger partial charge in [0.05, 0.1) is 11.4 Å². The van der Waals surface area contributed by atoms with E-state index in [0.717, 1.165) is 21.9 Å². The van der Waals surface area contributed by atoms with Crippen molar-refractivity contribution in [3.05, 3.63) is 108 Å². The molecule has 0 saturated carbocycles. The molecule has 2 heterocycles. The lowest BCUT2D eigenvalue weighted by Crippen LogP contribution is -2.21. The Balaban J connectivity index is 1.21. The quantitative estimate of drug-likeness (QED) is 0.137. The van der Waals surface area contributed by atoms with E-state index in [0.29, 0.717) is 40.5 Å². The molecule has 0 spiro atoms. The first-order valence-electron chi connectivity index (χ1n) is 13.4. The number of amides is 2. The largest absolute Gasteiger partial charge is 0.508 e. The Kier molecular flexibility index (Phi) is 7.19. The molecule has 6 rings (SSSR count). The molecule has 4 aromatic carbocycles. The van der Waals surface area contributed by atoms with Crippen molar-refractivity contribution in [3.63, 3.8) is 0 Å². The molecule has 0 bridgehead atoms. The molecule has 0 aliphatic rings. The summed E-state index contributed by atoms with van der Waals surface area (Å²) >= 11 is 0. The number of nitrogens with one attached hydrogen (secondary N) is 3. The van der Waals surface area contributed by atoms with Crippen LogP contribution in [0.5, 0.6) is 23.3 Å². The van der Waals surface area contributed by atoms with E-state index in [2.05, 4.69) is 31.0 Å². The summed E-state index contributed by atoms with van der Waals surface area (Å²) in [5.74, 6) is 1.39. The summed E-state index contributed by atoms with van der Waals surface area (Å²) in [5, 5.41) is 34.3. The SMILES string of the molecule is Cc1ccc(-n2nc(O)cc2NC(=O)Nc2ccc(Oc3ccnc(Nc4ccc(C)c(O)c4)n3)c3ccccc23)cc1. The zero-order chi connectivity index (χ0) is 29.9. The summed E-state index contributed by atoms with van der Waals surface area (Å²) in [5.41, 5.74) is 3.71. The zero-order valence-electron chi connectivity index (χ0n) is 23.2. The van der Waals surface area contributed by atoms with Gasteiger partial charge in [-0.25, -0.2) is 14.5 Å². The average molecular weight is 574 g/mol. The molecule has 5 N–H and O–H groups in total. The number of aromatic hydroxyl groups is 2. The average Bonchev–Trinajstić information content (AvgIpc) is 3.36. The van der Waals surface area contributed by atoms with Crippen LogP contribution in [0.3, 0.4) is 0 Å². The summed E-state index contributed by atoms with van der Waals surface area (Å²) in [6.07, 6.45) is 1.57. The first-order chi connectivity index (χ1) is 20.8. The van der Waals surface area contributed by atoms with Crippen LogP contribution in [0.4, 0.5) is 27.9 Å². The van der Waals surface area contributed by atoms with Crippen LogP contribution < -0.4 is 20.7 Å². The van der Waals surface area contributed by atoms with Gasteiger partial charge in [0.2, 0.25) is 17.7 Å². The van der Waals surface area contributed by atoms with E-state index in [1.807, 2.05) is 68.4 Å². The smallest absolute Gasteiger partial charge is 0.324 e. The van der Waals surface area contributed by atoms with Gasteiger partial charge in [-0.15, -0.1) is 5.10 Å². The van der Waals surface area contributed by atoms with Gasteiger partial charge >= 0.3 is 6.03 Å². The number of carbonyl (C=O) groups excluding carboxylic acids is 1. The van der Waals surface area contributed by atoms with E-state index in [-0.39, 0.29) is 11.6 Å². The minimum atomic E-state index is -0.513. The van der Waals surface area contributed by atoms with Crippen LogP contribution in [0, 0.1) is 13.8 Å². The molecule has 2 amide bonds. The number of ether oxygens (including phenoxy) is 1. The molecule has 0 saturated heterocycles. The summed E-state index contributed by atoms with van der Waals surface area (Å²) in [7, 11) is 0. The fraction of sp³-hybridized carbons (Fsp3) is 0.0625. The molecule has 0 radical (unpaired) electrons. The second kappa shape index (κ2) is 11.4. The molecule has 0 atom stereocenters. The number of nitrogens with zero attached hydrogens (tertiary/aromatic N) is 4. The standard InChI is InChI=1S/C32H27N7O4/c1-19-7-11-22(12-8-19)39-28(18-29(41)38-39)36-32(42)35-25-13-14-27(24-6-4-3-5-23(24)25)43-30-15-16-33-31(37-30)34-21-10-9-20(2)26(40)17-21/h3-18,40H,1-2H3,(H,38,41)(H,33,34,37)(H2,35,36,42). The molecule has 43 heavy (non-hydrogen) atoms. The van der Waals surface area contributed by atoms with E-state index >= 15 is 0 Å². The third-order valence-corrected chi connectivity index (χ3v) is 6.66. The van der Waals surface area contributed by atoms with E-state index in [1.165, 1.54) is 10.7 Å². The van der Waals surface area contributed by atoms with Crippen molar-refractivity contribution in [2.75, 3.05) is 16.0 Å². The van der Waals surface area contributed by atoms with Gasteiger partial charge in [0.25, 0.3) is 0 Å². The molecule has 0 aliphatic carbocycles. The topological polar surface area (TPSA) is 146 Å². The second-order valence-electron chi connectivity index (χ2n) is 9.82. The van der Waals surface area contributed by atoms with E-state index in [4.69, 9.17) is 4.74 Å². The lowest BCUT2D eigenvalue weighted by atomic mass is 10.1. The molecule has 2 aromatic heterocycles. The van der Waals surface area contributed by atoms with Gasteiger partial charge in [-0.1, -0.05) is 48.0 Å². The van der Waals surface area contributed by atoms with Crippen LogP contribution in [0.15, 0.2) is 97.2 Å². The number of carbonyl (C=O) groups is 1. The predicted octanol–water partition coefficient (Wildman–Crippen LogP) is 7.02. The number of urea groups is 1. The van der Waals surface area contributed by atoms with Gasteiger partial charge in [-0.2, -0.15) is 4.98 Å². The fourth-order valence-corrected chi connectivity index (χ4v) is 4.47. The maximum Gasteiger partial charge on any atom is 0.324 e. The molecule has 11 nitrogen and oxygen atoms in total. The van der Waals surface area contributed by atoms with Gasteiger partial charge < -0.3 is 25.6 Å². The van der Waals surface area contributed by atoms with Crippen molar-refractivity contribution in [1.29, 1.82) is 0 Å². The van der Waals surface area contributed by atoms with E-state index in [1.54, 1.807) is 36.5 Å². The molecule has 214 valence electrons. The minimum Gasteiger partial charge on any atom is -0.508 e. The third kappa shape index (κ3) is 6.00. The van der Waals surface area contributed by atoms with Gasteiger partial charge in [0.1, 0.15) is 17.3 Å². The molecule has 0 unspecified atom stereocenters. The van der Waals surface area contributed by atoms with Gasteiger partial charge in [-0.05, 0) is 49.7 Å². The molecule has 6 aromatic rings. The van der Waals surface area contributed by atoms with Gasteiger partial charge in [0, 0.05) is 40.9 Å². The summed E-state index contributed by atoms with van der Waals surface area (Å²) < 4.78 is 7.59. The number of fused-ring (bicyclic) bond motifs is 1. The number of phenolic OH excluding ortho intramolecular Hbond substituents is 1. The van der Waals surface area contributed by atoms with E-state index in [9.17, 15) is 15.0 Å². The maximum absolute atomic E-state index is 13.1. The summed E-state index contributed by atoms with van der Waals surface area (Å²) in [6.45, 7) is 3.79. The lowest BCUT2D eigenvalue weighted by molar-refractivity contribution is 0.262. The monoisotopic (exact) mass is 573 g/mol. The minimum absolute atomic E-state index is 0.168. The Hall–Kier alpha value is -6.10. The normalized spacial score (nSPS) is 10.8. The Bertz CT molecular complexity index is 1950.